The number of anilines is 3. The van der Waals surface area contributed by atoms with Crippen LogP contribution in [0.25, 0.3) is 11.1 Å². The Bertz CT molecular complexity index is 1640. The van der Waals surface area contributed by atoms with Crippen LogP contribution in [-0.2, 0) is 11.4 Å². The molecule has 1 aliphatic heterocycles. The van der Waals surface area contributed by atoms with Gasteiger partial charge in [-0.1, -0.05) is 12.1 Å². The number of hydrogen-bond acceptors (Lipinski definition) is 6. The van der Waals surface area contributed by atoms with Crippen LogP contribution in [0.3, 0.4) is 0 Å². The number of rotatable bonds is 7. The highest BCUT2D eigenvalue weighted by molar-refractivity contribution is 6.09. The number of likely N-dealkylation sites (N-methyl/N-ethyl adjacent to an activating group) is 1. The van der Waals surface area contributed by atoms with Crippen LogP contribution in [-0.4, -0.2) is 36.5 Å². The largest absolute Gasteiger partial charge is 0.496 e. The van der Waals surface area contributed by atoms with Gasteiger partial charge in [0, 0.05) is 48.4 Å². The van der Waals surface area contributed by atoms with Crippen LogP contribution in [0.1, 0.15) is 35.3 Å². The van der Waals surface area contributed by atoms with E-state index in [1.165, 1.54) is 18.3 Å². The molecule has 3 aromatic carbocycles. The van der Waals surface area contributed by atoms with Crippen molar-refractivity contribution in [3.05, 3.63) is 95.6 Å². The van der Waals surface area contributed by atoms with Crippen molar-refractivity contribution in [1.29, 1.82) is 0 Å². The Balaban J connectivity index is 1.58. The molecule has 0 aliphatic carbocycles. The molecule has 0 saturated carbocycles. The molecular formula is C32H31FN4O4. The smallest absolute Gasteiger partial charge is 0.257 e. The Kier molecular flexibility index (Phi) is 7.36. The summed E-state index contributed by atoms with van der Waals surface area (Å²) in [5.41, 5.74) is 4.61. The molecule has 2 amide bonds. The Morgan fingerprint density at radius 1 is 1.07 bits per heavy atom. The van der Waals surface area contributed by atoms with E-state index in [0.29, 0.717) is 28.4 Å². The van der Waals surface area contributed by atoms with Gasteiger partial charge in [0.1, 0.15) is 29.5 Å². The molecular weight excluding hydrogens is 523 g/mol. The predicted octanol–water partition coefficient (Wildman–Crippen LogP) is 6.20. The summed E-state index contributed by atoms with van der Waals surface area (Å²) < 4.78 is 25.9. The lowest BCUT2D eigenvalue weighted by atomic mass is 9.91. The van der Waals surface area contributed by atoms with E-state index in [1.54, 1.807) is 55.6 Å². The molecule has 1 aliphatic rings. The molecule has 4 aromatic rings. The van der Waals surface area contributed by atoms with E-state index < -0.39 is 11.4 Å². The van der Waals surface area contributed by atoms with Crippen molar-refractivity contribution in [2.75, 3.05) is 29.7 Å². The average molecular weight is 555 g/mol. The molecule has 9 heteroatoms. The lowest BCUT2D eigenvalue weighted by Crippen LogP contribution is -2.52. The molecule has 0 atom stereocenters. The van der Waals surface area contributed by atoms with Gasteiger partial charge in [0.2, 0.25) is 0 Å². The zero-order chi connectivity index (χ0) is 29.3. The maximum atomic E-state index is 14.0. The van der Waals surface area contributed by atoms with Gasteiger partial charge in [-0.3, -0.25) is 14.6 Å². The molecule has 0 spiro atoms. The normalized spacial score (nSPS) is 13.7. The number of aryl methyl sites for hydroxylation is 1. The number of methoxy groups -OCH3 is 1. The van der Waals surface area contributed by atoms with Gasteiger partial charge < -0.3 is 25.0 Å². The zero-order valence-corrected chi connectivity index (χ0v) is 23.5. The molecule has 8 nitrogen and oxygen atoms in total. The Morgan fingerprint density at radius 3 is 2.59 bits per heavy atom. The summed E-state index contributed by atoms with van der Waals surface area (Å²) in [7, 11) is 3.29. The molecule has 41 heavy (non-hydrogen) atoms. The third kappa shape index (κ3) is 5.43. The number of halogens is 1. The van der Waals surface area contributed by atoms with Gasteiger partial charge >= 0.3 is 0 Å². The number of amides is 2. The number of fused-ring (bicyclic) bond motifs is 1. The summed E-state index contributed by atoms with van der Waals surface area (Å²) in [4.78, 5) is 31.6. The highest BCUT2D eigenvalue weighted by atomic mass is 19.1. The first-order chi connectivity index (χ1) is 19.6. The minimum Gasteiger partial charge on any atom is -0.496 e. The number of benzene rings is 3. The molecule has 5 rings (SSSR count). The Morgan fingerprint density at radius 2 is 1.85 bits per heavy atom. The van der Waals surface area contributed by atoms with Crippen LogP contribution in [0.4, 0.5) is 21.5 Å². The van der Waals surface area contributed by atoms with E-state index in [9.17, 15) is 14.0 Å². The maximum Gasteiger partial charge on any atom is 0.257 e. The molecule has 1 aromatic heterocycles. The van der Waals surface area contributed by atoms with Crippen molar-refractivity contribution in [2.45, 2.75) is 32.9 Å². The second kappa shape index (κ2) is 10.9. The number of ether oxygens (including phenoxy) is 2. The second-order valence-corrected chi connectivity index (χ2v) is 10.4. The van der Waals surface area contributed by atoms with Gasteiger partial charge in [-0.15, -0.1) is 0 Å². The molecule has 0 saturated heterocycles. The fourth-order valence-electron chi connectivity index (χ4n) is 5.00. The second-order valence-electron chi connectivity index (χ2n) is 10.4. The standard InChI is InChI=1S/C32H31FN4O4/c1-19-8-9-21(33)15-27(19)41-18-25-23(12-13-26-29(25)37(4)31(39)32(2,3)36-26)24-11-10-22(16-28(24)40-5)35-30(38)20-7-6-14-34-17-20/h6-17,36H,18H2,1-5H3,(H,35,38). The van der Waals surface area contributed by atoms with Gasteiger partial charge in [0.25, 0.3) is 11.8 Å². The molecule has 0 bridgehead atoms. The van der Waals surface area contributed by atoms with Crippen molar-refractivity contribution >= 4 is 28.9 Å². The van der Waals surface area contributed by atoms with Gasteiger partial charge in [0.15, 0.2) is 0 Å². The van der Waals surface area contributed by atoms with Crippen molar-refractivity contribution in [1.82, 2.24) is 4.98 Å². The Hall–Kier alpha value is -4.92. The van der Waals surface area contributed by atoms with Crippen molar-refractivity contribution in [3.63, 3.8) is 0 Å². The van der Waals surface area contributed by atoms with E-state index in [0.717, 1.165) is 27.9 Å². The first kappa shape index (κ1) is 27.6. The van der Waals surface area contributed by atoms with Gasteiger partial charge in [-0.25, -0.2) is 4.39 Å². The number of carbonyl (C=O) groups is 2. The predicted molar refractivity (Wildman–Crippen MR) is 157 cm³/mol. The lowest BCUT2D eigenvalue weighted by Gasteiger charge is -2.39. The number of nitrogens with zero attached hydrogens (tertiary/aromatic N) is 2. The molecule has 210 valence electrons. The van der Waals surface area contributed by atoms with Crippen molar-refractivity contribution in [2.24, 2.45) is 0 Å². The van der Waals surface area contributed by atoms with Crippen molar-refractivity contribution in [3.8, 4) is 22.6 Å². The molecule has 0 radical (unpaired) electrons. The van der Waals surface area contributed by atoms with Crippen LogP contribution < -0.4 is 25.0 Å². The monoisotopic (exact) mass is 554 g/mol. The number of pyridine rings is 1. The summed E-state index contributed by atoms with van der Waals surface area (Å²) in [5, 5.41) is 6.21. The lowest BCUT2D eigenvalue weighted by molar-refractivity contribution is -0.121. The van der Waals surface area contributed by atoms with E-state index >= 15 is 0 Å². The fraction of sp³-hybridized carbons (Fsp3) is 0.219. The third-order valence-electron chi connectivity index (χ3n) is 7.10. The fourth-order valence-corrected chi connectivity index (χ4v) is 5.00. The minimum absolute atomic E-state index is 0.0607. The topological polar surface area (TPSA) is 92.8 Å². The quantitative estimate of drug-likeness (QED) is 0.283. The zero-order valence-electron chi connectivity index (χ0n) is 23.5. The first-order valence-corrected chi connectivity index (χ1v) is 13.1. The van der Waals surface area contributed by atoms with Crippen LogP contribution in [0, 0.1) is 12.7 Å². The van der Waals surface area contributed by atoms with Gasteiger partial charge in [0.05, 0.1) is 24.0 Å². The molecule has 0 unspecified atom stereocenters. The van der Waals surface area contributed by atoms with Crippen LogP contribution in [0.15, 0.2) is 73.1 Å². The van der Waals surface area contributed by atoms with E-state index in [1.807, 2.05) is 39.0 Å². The van der Waals surface area contributed by atoms with E-state index in [4.69, 9.17) is 9.47 Å². The van der Waals surface area contributed by atoms with E-state index in [-0.39, 0.29) is 18.4 Å². The SMILES string of the molecule is COc1cc(NC(=O)c2cccnc2)ccc1-c1ccc2c(c1COc1cc(F)ccc1C)N(C)C(=O)C(C)(C)N2. The number of aromatic nitrogens is 1. The molecule has 2 N–H and O–H groups in total. The highest BCUT2D eigenvalue weighted by Gasteiger charge is 2.38. The van der Waals surface area contributed by atoms with Gasteiger partial charge in [-0.2, -0.15) is 0 Å². The summed E-state index contributed by atoms with van der Waals surface area (Å²) in [6, 6.07) is 17.0. The minimum atomic E-state index is -0.799. The van der Waals surface area contributed by atoms with Crippen LogP contribution in [0.2, 0.25) is 0 Å². The summed E-state index contributed by atoms with van der Waals surface area (Å²) >= 11 is 0. The summed E-state index contributed by atoms with van der Waals surface area (Å²) in [5.74, 6) is 0.116. The van der Waals surface area contributed by atoms with Crippen molar-refractivity contribution < 1.29 is 23.5 Å². The van der Waals surface area contributed by atoms with Crippen LogP contribution >= 0.6 is 0 Å². The molecule has 0 fully saturated rings. The number of hydrogen-bond donors (Lipinski definition) is 2. The highest BCUT2D eigenvalue weighted by Crippen LogP contribution is 2.45. The first-order valence-electron chi connectivity index (χ1n) is 13.1. The average Bonchev–Trinajstić information content (AvgIpc) is 2.96. The van der Waals surface area contributed by atoms with Crippen LogP contribution in [0.5, 0.6) is 11.5 Å². The van der Waals surface area contributed by atoms with E-state index in [2.05, 4.69) is 15.6 Å². The number of carbonyl (C=O) groups excluding carboxylic acids is 2. The Labute approximate surface area is 238 Å². The summed E-state index contributed by atoms with van der Waals surface area (Å²) in [6.45, 7) is 5.57. The van der Waals surface area contributed by atoms with Gasteiger partial charge in [-0.05, 0) is 68.3 Å². The summed E-state index contributed by atoms with van der Waals surface area (Å²) in [6.07, 6.45) is 3.10. The maximum absolute atomic E-state index is 14.0. The molecule has 2 heterocycles. The third-order valence-corrected chi connectivity index (χ3v) is 7.10. The number of nitrogens with one attached hydrogen (secondary N) is 2.